The molecule has 1 heterocycles. The highest BCUT2D eigenvalue weighted by atomic mass is 16.2. The summed E-state index contributed by atoms with van der Waals surface area (Å²) in [6.45, 7) is 0. The molecular weight excluding hydrogens is 252 g/mol. The molecule has 0 fully saturated rings. The second kappa shape index (κ2) is 4.49. The summed E-state index contributed by atoms with van der Waals surface area (Å²) < 4.78 is 0. The van der Waals surface area contributed by atoms with Crippen molar-refractivity contribution in [2.75, 3.05) is 23.9 Å². The van der Waals surface area contributed by atoms with Crippen molar-refractivity contribution in [2.24, 2.45) is 0 Å². The smallest absolute Gasteiger partial charge is 0.266 e. The number of hydrogen-bond donors (Lipinski definition) is 0. The van der Waals surface area contributed by atoms with Gasteiger partial charge in [-0.05, 0) is 36.4 Å². The van der Waals surface area contributed by atoms with Crippen molar-refractivity contribution in [3.63, 3.8) is 0 Å². The van der Waals surface area contributed by atoms with Gasteiger partial charge in [0.1, 0.15) is 0 Å². The maximum absolute atomic E-state index is 12.3. The molecule has 0 spiro atoms. The number of carbonyl (C=O) groups excluding carboxylic acids is 2. The van der Waals surface area contributed by atoms with Gasteiger partial charge in [0.2, 0.25) is 0 Å². The first-order valence-corrected chi connectivity index (χ1v) is 6.35. The number of hydrogen-bond acceptors (Lipinski definition) is 3. The quantitative estimate of drug-likeness (QED) is 0.784. The van der Waals surface area contributed by atoms with Crippen LogP contribution >= 0.6 is 0 Å². The standard InChI is InChI=1S/C16H14N2O2/c1-17(2)11-7-9-12(10-8-11)18-15(19)13-5-3-4-6-14(13)16(18)20/h3-10H,1-2H3. The van der Waals surface area contributed by atoms with E-state index in [9.17, 15) is 9.59 Å². The number of anilines is 2. The number of amides is 2. The second-order valence-corrected chi connectivity index (χ2v) is 4.90. The molecule has 0 saturated carbocycles. The Morgan fingerprint density at radius 2 is 1.30 bits per heavy atom. The van der Waals surface area contributed by atoms with Gasteiger partial charge in [-0.25, -0.2) is 4.90 Å². The monoisotopic (exact) mass is 266 g/mol. The van der Waals surface area contributed by atoms with Crippen LogP contribution in [-0.2, 0) is 0 Å². The first kappa shape index (κ1) is 12.4. The predicted octanol–water partition coefficient (Wildman–Crippen LogP) is 2.55. The van der Waals surface area contributed by atoms with E-state index in [4.69, 9.17) is 0 Å². The number of benzene rings is 2. The Kier molecular flexibility index (Phi) is 2.79. The highest BCUT2D eigenvalue weighted by Gasteiger charge is 2.36. The summed E-state index contributed by atoms with van der Waals surface area (Å²) in [5.74, 6) is -0.522. The lowest BCUT2D eigenvalue weighted by atomic mass is 10.1. The van der Waals surface area contributed by atoms with Crippen LogP contribution in [0.2, 0.25) is 0 Å². The maximum Gasteiger partial charge on any atom is 0.266 e. The molecule has 0 aliphatic carbocycles. The topological polar surface area (TPSA) is 40.6 Å². The number of fused-ring (bicyclic) bond motifs is 1. The molecule has 0 unspecified atom stereocenters. The van der Waals surface area contributed by atoms with Crippen LogP contribution in [-0.4, -0.2) is 25.9 Å². The first-order valence-electron chi connectivity index (χ1n) is 6.35. The minimum Gasteiger partial charge on any atom is -0.378 e. The van der Waals surface area contributed by atoms with Gasteiger partial charge < -0.3 is 4.90 Å². The van der Waals surface area contributed by atoms with Gasteiger partial charge in [-0.1, -0.05) is 12.1 Å². The zero-order valence-corrected chi connectivity index (χ0v) is 11.3. The van der Waals surface area contributed by atoms with E-state index >= 15 is 0 Å². The minimum absolute atomic E-state index is 0.261. The van der Waals surface area contributed by atoms with E-state index in [1.165, 1.54) is 4.90 Å². The van der Waals surface area contributed by atoms with Crippen molar-refractivity contribution < 1.29 is 9.59 Å². The van der Waals surface area contributed by atoms with Gasteiger partial charge in [-0.3, -0.25) is 9.59 Å². The Balaban J connectivity index is 2.00. The lowest BCUT2D eigenvalue weighted by Crippen LogP contribution is -2.29. The van der Waals surface area contributed by atoms with Crippen LogP contribution in [0.3, 0.4) is 0 Å². The Hall–Kier alpha value is -2.62. The predicted molar refractivity (Wildman–Crippen MR) is 78.4 cm³/mol. The summed E-state index contributed by atoms with van der Waals surface area (Å²) in [5.41, 5.74) is 2.55. The third kappa shape index (κ3) is 1.77. The molecule has 0 bridgehead atoms. The zero-order valence-electron chi connectivity index (χ0n) is 11.3. The molecule has 1 aliphatic heterocycles. The van der Waals surface area contributed by atoms with Crippen LogP contribution in [0.4, 0.5) is 11.4 Å². The molecule has 2 aromatic rings. The first-order chi connectivity index (χ1) is 9.59. The third-order valence-electron chi connectivity index (χ3n) is 3.42. The van der Waals surface area contributed by atoms with Crippen LogP contribution in [0.15, 0.2) is 48.5 Å². The normalized spacial score (nSPS) is 13.6. The number of imide groups is 1. The largest absolute Gasteiger partial charge is 0.378 e. The molecular formula is C16H14N2O2. The summed E-state index contributed by atoms with van der Waals surface area (Å²) in [5, 5.41) is 0. The van der Waals surface area contributed by atoms with E-state index in [1.807, 2.05) is 31.1 Å². The van der Waals surface area contributed by atoms with Crippen molar-refractivity contribution in [1.29, 1.82) is 0 Å². The molecule has 0 saturated heterocycles. The SMILES string of the molecule is CN(C)c1ccc(N2C(=O)c3ccccc3C2=O)cc1. The molecule has 3 rings (SSSR count). The molecule has 0 atom stereocenters. The molecule has 0 N–H and O–H groups in total. The zero-order chi connectivity index (χ0) is 14.3. The lowest BCUT2D eigenvalue weighted by Gasteiger charge is -2.16. The van der Waals surface area contributed by atoms with Crippen molar-refractivity contribution in [1.82, 2.24) is 0 Å². The molecule has 4 nitrogen and oxygen atoms in total. The number of rotatable bonds is 2. The maximum atomic E-state index is 12.3. The summed E-state index contributed by atoms with van der Waals surface area (Å²) in [4.78, 5) is 27.8. The summed E-state index contributed by atoms with van der Waals surface area (Å²) in [6.07, 6.45) is 0. The Morgan fingerprint density at radius 1 is 0.800 bits per heavy atom. The van der Waals surface area contributed by atoms with Crippen molar-refractivity contribution >= 4 is 23.2 Å². The van der Waals surface area contributed by atoms with Gasteiger partial charge in [0.05, 0.1) is 16.8 Å². The van der Waals surface area contributed by atoms with E-state index in [-0.39, 0.29) is 11.8 Å². The lowest BCUT2D eigenvalue weighted by molar-refractivity contribution is 0.0926. The molecule has 4 heteroatoms. The molecule has 100 valence electrons. The average molecular weight is 266 g/mol. The Labute approximate surface area is 117 Å². The van der Waals surface area contributed by atoms with Gasteiger partial charge >= 0.3 is 0 Å². The second-order valence-electron chi connectivity index (χ2n) is 4.90. The highest BCUT2D eigenvalue weighted by Crippen LogP contribution is 2.29. The van der Waals surface area contributed by atoms with E-state index in [1.54, 1.807) is 36.4 Å². The van der Waals surface area contributed by atoms with Crippen LogP contribution in [0, 0.1) is 0 Å². The summed E-state index contributed by atoms with van der Waals surface area (Å²) >= 11 is 0. The van der Waals surface area contributed by atoms with E-state index in [0.29, 0.717) is 16.8 Å². The van der Waals surface area contributed by atoms with Crippen LogP contribution in [0.5, 0.6) is 0 Å². The Morgan fingerprint density at radius 3 is 1.75 bits per heavy atom. The summed E-state index contributed by atoms with van der Waals surface area (Å²) in [7, 11) is 3.88. The molecule has 0 aromatic heterocycles. The molecule has 2 aromatic carbocycles. The minimum atomic E-state index is -0.261. The fraction of sp³-hybridized carbons (Fsp3) is 0.125. The molecule has 20 heavy (non-hydrogen) atoms. The van der Waals surface area contributed by atoms with E-state index in [0.717, 1.165) is 5.69 Å². The third-order valence-corrected chi connectivity index (χ3v) is 3.42. The van der Waals surface area contributed by atoms with Gasteiger partial charge in [-0.2, -0.15) is 0 Å². The van der Waals surface area contributed by atoms with Gasteiger partial charge in [-0.15, -0.1) is 0 Å². The van der Waals surface area contributed by atoms with Gasteiger partial charge in [0, 0.05) is 19.8 Å². The van der Waals surface area contributed by atoms with Crippen molar-refractivity contribution in [3.8, 4) is 0 Å². The summed E-state index contributed by atoms with van der Waals surface area (Å²) in [6, 6.07) is 14.3. The van der Waals surface area contributed by atoms with Gasteiger partial charge in [0.25, 0.3) is 11.8 Å². The van der Waals surface area contributed by atoms with Crippen LogP contribution < -0.4 is 9.80 Å². The van der Waals surface area contributed by atoms with Gasteiger partial charge in [0.15, 0.2) is 0 Å². The fourth-order valence-corrected chi connectivity index (χ4v) is 2.32. The fourth-order valence-electron chi connectivity index (χ4n) is 2.32. The Bertz CT molecular complexity index is 655. The van der Waals surface area contributed by atoms with Crippen molar-refractivity contribution in [3.05, 3.63) is 59.7 Å². The van der Waals surface area contributed by atoms with Crippen molar-refractivity contribution in [2.45, 2.75) is 0 Å². The number of carbonyl (C=O) groups is 2. The molecule has 1 aliphatic rings. The van der Waals surface area contributed by atoms with E-state index in [2.05, 4.69) is 0 Å². The molecule has 2 amide bonds. The number of nitrogens with zero attached hydrogens (tertiary/aromatic N) is 2. The highest BCUT2D eigenvalue weighted by molar-refractivity contribution is 6.34. The van der Waals surface area contributed by atoms with Crippen LogP contribution in [0.25, 0.3) is 0 Å². The molecule has 0 radical (unpaired) electrons. The van der Waals surface area contributed by atoms with E-state index < -0.39 is 0 Å². The average Bonchev–Trinajstić information content (AvgIpc) is 2.72. The van der Waals surface area contributed by atoms with Crippen LogP contribution in [0.1, 0.15) is 20.7 Å².